The van der Waals surface area contributed by atoms with Gasteiger partial charge in [0, 0.05) is 16.8 Å². The standard InChI is InChI=1S/C27H19BrN2O4/c28-22-14-19(9-11-24(22)31)27-30-23-15-20(10-12-25(23)34-27)29-26(32)18-6-4-5-17(13-18)16-33-21-7-2-1-3-8-21/h1-15,31H,16H2,(H,29,32). The molecule has 0 aliphatic carbocycles. The Hall–Kier alpha value is -4.10. The molecule has 0 aliphatic heterocycles. The zero-order valence-corrected chi connectivity index (χ0v) is 19.5. The first-order valence-corrected chi connectivity index (χ1v) is 11.3. The fourth-order valence-corrected chi connectivity index (χ4v) is 3.84. The van der Waals surface area contributed by atoms with E-state index < -0.39 is 0 Å². The number of fused-ring (bicyclic) bond motifs is 1. The molecule has 4 aromatic carbocycles. The Morgan fingerprint density at radius 1 is 0.971 bits per heavy atom. The van der Waals surface area contributed by atoms with Crippen LogP contribution in [-0.4, -0.2) is 16.0 Å². The maximum absolute atomic E-state index is 12.8. The fraction of sp³-hybridized carbons (Fsp3) is 0.0370. The number of oxazole rings is 1. The molecule has 0 bridgehead atoms. The van der Waals surface area contributed by atoms with E-state index in [0.717, 1.165) is 16.9 Å². The number of nitrogens with one attached hydrogen (secondary N) is 1. The van der Waals surface area contributed by atoms with Crippen molar-refractivity contribution < 1.29 is 19.1 Å². The Kier molecular flexibility index (Phi) is 6.01. The molecule has 0 aliphatic rings. The van der Waals surface area contributed by atoms with Gasteiger partial charge in [-0.2, -0.15) is 0 Å². The van der Waals surface area contributed by atoms with Gasteiger partial charge in [0.1, 0.15) is 23.6 Å². The highest BCUT2D eigenvalue weighted by Crippen LogP contribution is 2.31. The largest absolute Gasteiger partial charge is 0.507 e. The summed E-state index contributed by atoms with van der Waals surface area (Å²) in [5.74, 6) is 1.11. The predicted molar refractivity (Wildman–Crippen MR) is 134 cm³/mol. The average molecular weight is 515 g/mol. The number of benzene rings is 4. The van der Waals surface area contributed by atoms with Crippen molar-refractivity contribution in [2.75, 3.05) is 5.32 Å². The van der Waals surface area contributed by atoms with Gasteiger partial charge in [0.15, 0.2) is 5.58 Å². The Morgan fingerprint density at radius 3 is 2.65 bits per heavy atom. The van der Waals surface area contributed by atoms with Crippen LogP contribution in [0.3, 0.4) is 0 Å². The first kappa shape index (κ1) is 21.7. The van der Waals surface area contributed by atoms with E-state index in [1.807, 2.05) is 48.5 Å². The van der Waals surface area contributed by atoms with Gasteiger partial charge < -0.3 is 19.6 Å². The minimum absolute atomic E-state index is 0.139. The maximum Gasteiger partial charge on any atom is 0.255 e. The highest BCUT2D eigenvalue weighted by atomic mass is 79.9. The molecule has 0 saturated carbocycles. The monoisotopic (exact) mass is 514 g/mol. The van der Waals surface area contributed by atoms with Crippen molar-refractivity contribution in [1.29, 1.82) is 0 Å². The molecule has 0 spiro atoms. The van der Waals surface area contributed by atoms with Crippen LogP contribution in [0.1, 0.15) is 15.9 Å². The molecule has 0 fully saturated rings. The number of phenolic OH excluding ortho intramolecular Hbond substituents is 1. The number of amides is 1. The van der Waals surface area contributed by atoms with Gasteiger partial charge in [-0.1, -0.05) is 30.3 Å². The van der Waals surface area contributed by atoms with Gasteiger partial charge in [0.25, 0.3) is 5.91 Å². The van der Waals surface area contributed by atoms with Crippen LogP contribution in [0.25, 0.3) is 22.6 Å². The maximum atomic E-state index is 12.8. The number of hydrogen-bond acceptors (Lipinski definition) is 5. The Balaban J connectivity index is 1.31. The van der Waals surface area contributed by atoms with Crippen molar-refractivity contribution in [1.82, 2.24) is 4.98 Å². The van der Waals surface area contributed by atoms with E-state index in [0.29, 0.717) is 39.3 Å². The number of carbonyl (C=O) groups excluding carboxylic acids is 1. The van der Waals surface area contributed by atoms with Gasteiger partial charge >= 0.3 is 0 Å². The van der Waals surface area contributed by atoms with E-state index >= 15 is 0 Å². The number of phenols is 1. The summed E-state index contributed by atoms with van der Waals surface area (Å²) >= 11 is 3.30. The van der Waals surface area contributed by atoms with Crippen molar-refractivity contribution in [3.63, 3.8) is 0 Å². The molecule has 1 amide bonds. The predicted octanol–water partition coefficient (Wildman–Crippen LogP) is 6.79. The average Bonchev–Trinajstić information content (AvgIpc) is 3.29. The molecule has 34 heavy (non-hydrogen) atoms. The highest BCUT2D eigenvalue weighted by molar-refractivity contribution is 9.10. The van der Waals surface area contributed by atoms with Crippen LogP contribution in [0.15, 0.2) is 99.9 Å². The van der Waals surface area contributed by atoms with E-state index in [9.17, 15) is 9.90 Å². The van der Waals surface area contributed by atoms with Crippen LogP contribution in [0, 0.1) is 0 Å². The molecule has 5 aromatic rings. The summed E-state index contributed by atoms with van der Waals surface area (Å²) in [7, 11) is 0. The summed E-state index contributed by atoms with van der Waals surface area (Å²) in [5.41, 5.74) is 3.97. The minimum atomic E-state index is -0.230. The number of rotatable bonds is 6. The van der Waals surface area contributed by atoms with E-state index in [2.05, 4.69) is 26.2 Å². The van der Waals surface area contributed by atoms with Crippen molar-refractivity contribution in [2.24, 2.45) is 0 Å². The number of aromatic hydroxyl groups is 1. The topological polar surface area (TPSA) is 84.6 Å². The highest BCUT2D eigenvalue weighted by Gasteiger charge is 2.12. The van der Waals surface area contributed by atoms with Crippen molar-refractivity contribution in [2.45, 2.75) is 6.61 Å². The van der Waals surface area contributed by atoms with Crippen molar-refractivity contribution in [3.8, 4) is 23.0 Å². The first-order valence-electron chi connectivity index (χ1n) is 10.5. The molecule has 1 aromatic heterocycles. The zero-order chi connectivity index (χ0) is 23.5. The summed E-state index contributed by atoms with van der Waals surface area (Å²) < 4.78 is 12.2. The van der Waals surface area contributed by atoms with E-state index in [-0.39, 0.29) is 11.7 Å². The summed E-state index contributed by atoms with van der Waals surface area (Å²) in [6.07, 6.45) is 0. The molecule has 0 saturated heterocycles. The lowest BCUT2D eigenvalue weighted by Gasteiger charge is -2.09. The molecule has 2 N–H and O–H groups in total. The van der Waals surface area contributed by atoms with Crippen LogP contribution in [0.2, 0.25) is 0 Å². The molecule has 5 rings (SSSR count). The van der Waals surface area contributed by atoms with Gasteiger partial charge in [-0.25, -0.2) is 4.98 Å². The number of ether oxygens (including phenoxy) is 1. The molecule has 0 atom stereocenters. The SMILES string of the molecule is O=C(Nc1ccc2oc(-c3ccc(O)c(Br)c3)nc2c1)c1cccc(COc2ccccc2)c1. The normalized spacial score (nSPS) is 10.9. The number of para-hydroxylation sites is 1. The summed E-state index contributed by atoms with van der Waals surface area (Å²) in [4.78, 5) is 17.4. The number of nitrogens with zero attached hydrogens (tertiary/aromatic N) is 1. The number of aromatic nitrogens is 1. The van der Waals surface area contributed by atoms with Gasteiger partial charge in [-0.3, -0.25) is 4.79 Å². The Labute approximate surface area is 204 Å². The fourth-order valence-electron chi connectivity index (χ4n) is 3.46. The quantitative estimate of drug-likeness (QED) is 0.260. The first-order chi connectivity index (χ1) is 16.5. The van der Waals surface area contributed by atoms with Crippen LogP contribution in [0.4, 0.5) is 5.69 Å². The second-order valence-corrected chi connectivity index (χ2v) is 8.48. The molecule has 0 radical (unpaired) electrons. The third kappa shape index (κ3) is 4.79. The molecule has 7 heteroatoms. The molecule has 1 heterocycles. The van der Waals surface area contributed by atoms with Gasteiger partial charge in [-0.05, 0) is 82.2 Å². The van der Waals surface area contributed by atoms with Gasteiger partial charge in [-0.15, -0.1) is 0 Å². The molecule has 6 nitrogen and oxygen atoms in total. The van der Waals surface area contributed by atoms with E-state index in [1.54, 1.807) is 42.5 Å². The molecule has 168 valence electrons. The van der Waals surface area contributed by atoms with E-state index in [1.165, 1.54) is 0 Å². The lowest BCUT2D eigenvalue weighted by molar-refractivity contribution is 0.102. The summed E-state index contributed by atoms with van der Waals surface area (Å²) in [6.45, 7) is 0.367. The zero-order valence-electron chi connectivity index (χ0n) is 17.9. The lowest BCUT2D eigenvalue weighted by Crippen LogP contribution is -2.12. The minimum Gasteiger partial charge on any atom is -0.507 e. The van der Waals surface area contributed by atoms with Crippen LogP contribution < -0.4 is 10.1 Å². The molecular formula is C27H19BrN2O4. The lowest BCUT2D eigenvalue weighted by atomic mass is 10.1. The smallest absolute Gasteiger partial charge is 0.255 e. The van der Waals surface area contributed by atoms with Crippen molar-refractivity contribution >= 4 is 38.6 Å². The second kappa shape index (κ2) is 9.41. The van der Waals surface area contributed by atoms with Crippen LogP contribution >= 0.6 is 15.9 Å². The van der Waals surface area contributed by atoms with Crippen molar-refractivity contribution in [3.05, 3.63) is 107 Å². The van der Waals surface area contributed by atoms with Gasteiger partial charge in [0.2, 0.25) is 5.89 Å². The Morgan fingerprint density at radius 2 is 1.82 bits per heavy atom. The van der Waals surface area contributed by atoms with Crippen LogP contribution in [0.5, 0.6) is 11.5 Å². The van der Waals surface area contributed by atoms with Gasteiger partial charge in [0.05, 0.1) is 4.47 Å². The molecule has 0 unspecified atom stereocenters. The molecular weight excluding hydrogens is 496 g/mol. The summed E-state index contributed by atoms with van der Waals surface area (Å²) in [5, 5.41) is 12.6. The van der Waals surface area contributed by atoms with Crippen LogP contribution in [-0.2, 0) is 6.61 Å². The number of hydrogen-bond donors (Lipinski definition) is 2. The number of anilines is 1. The number of halogens is 1. The Bertz CT molecular complexity index is 1480. The number of carbonyl (C=O) groups is 1. The third-order valence-electron chi connectivity index (χ3n) is 5.18. The third-order valence-corrected chi connectivity index (χ3v) is 5.81. The second-order valence-electron chi connectivity index (χ2n) is 7.62. The van der Waals surface area contributed by atoms with E-state index in [4.69, 9.17) is 9.15 Å². The summed E-state index contributed by atoms with van der Waals surface area (Å²) in [6, 6.07) is 27.2.